The lowest BCUT2D eigenvalue weighted by Crippen LogP contribution is -2.41. The Morgan fingerprint density at radius 3 is 2.82 bits per heavy atom. The lowest BCUT2D eigenvalue weighted by molar-refractivity contribution is 0.199. The van der Waals surface area contributed by atoms with Crippen molar-refractivity contribution in [3.05, 3.63) is 0 Å². The highest BCUT2D eigenvalue weighted by Crippen LogP contribution is 2.14. The second kappa shape index (κ2) is 8.39. The molecule has 0 aromatic heterocycles. The van der Waals surface area contributed by atoms with E-state index in [4.69, 9.17) is 0 Å². The molecule has 2 nitrogen and oxygen atoms in total. The first-order chi connectivity index (χ1) is 8.13. The normalized spacial score (nSPS) is 27.4. The minimum Gasteiger partial charge on any atom is -0.313 e. The molecule has 0 amide bonds. The molecule has 0 radical (unpaired) electrons. The van der Waals surface area contributed by atoms with E-state index in [1.807, 2.05) is 11.8 Å². The van der Waals surface area contributed by atoms with Gasteiger partial charge in [0.2, 0.25) is 0 Å². The van der Waals surface area contributed by atoms with Gasteiger partial charge < -0.3 is 5.32 Å². The van der Waals surface area contributed by atoms with Crippen LogP contribution in [0, 0.1) is 5.92 Å². The van der Waals surface area contributed by atoms with E-state index >= 15 is 0 Å². The molecule has 1 fully saturated rings. The van der Waals surface area contributed by atoms with Crippen LogP contribution in [0.5, 0.6) is 0 Å². The van der Waals surface area contributed by atoms with Gasteiger partial charge in [0.15, 0.2) is 0 Å². The van der Waals surface area contributed by atoms with Gasteiger partial charge in [-0.3, -0.25) is 4.90 Å². The Kier molecular flexibility index (Phi) is 7.56. The zero-order chi connectivity index (χ0) is 12.7. The first-order valence-electron chi connectivity index (χ1n) is 7.09. The SMILES string of the molecule is CSCCCN1CC(CC(C)C)NCCC1C. The third kappa shape index (κ3) is 6.12. The predicted octanol–water partition coefficient (Wildman–Crippen LogP) is 2.84. The number of nitrogens with zero attached hydrogens (tertiary/aromatic N) is 1. The second-order valence-electron chi connectivity index (χ2n) is 5.76. The smallest absolute Gasteiger partial charge is 0.0197 e. The van der Waals surface area contributed by atoms with Crippen molar-refractivity contribution in [2.24, 2.45) is 5.92 Å². The topological polar surface area (TPSA) is 15.3 Å². The van der Waals surface area contributed by atoms with Gasteiger partial charge in [0.1, 0.15) is 0 Å². The first kappa shape index (κ1) is 15.3. The molecule has 0 saturated carbocycles. The van der Waals surface area contributed by atoms with Crippen molar-refractivity contribution < 1.29 is 0 Å². The summed E-state index contributed by atoms with van der Waals surface area (Å²) in [5.41, 5.74) is 0. The van der Waals surface area contributed by atoms with Gasteiger partial charge in [-0.2, -0.15) is 11.8 Å². The van der Waals surface area contributed by atoms with Crippen LogP contribution >= 0.6 is 11.8 Å². The molecule has 17 heavy (non-hydrogen) atoms. The van der Waals surface area contributed by atoms with Crippen LogP contribution in [0.2, 0.25) is 0 Å². The molecule has 3 heteroatoms. The van der Waals surface area contributed by atoms with Gasteiger partial charge in [-0.05, 0) is 57.2 Å². The van der Waals surface area contributed by atoms with Crippen LogP contribution in [0.25, 0.3) is 0 Å². The third-order valence-corrected chi connectivity index (χ3v) is 4.32. The molecular formula is C14H30N2S. The summed E-state index contributed by atoms with van der Waals surface area (Å²) in [5.74, 6) is 2.10. The molecule has 2 unspecified atom stereocenters. The van der Waals surface area contributed by atoms with Crippen LogP contribution in [-0.4, -0.2) is 48.6 Å². The van der Waals surface area contributed by atoms with Gasteiger partial charge in [-0.25, -0.2) is 0 Å². The monoisotopic (exact) mass is 258 g/mol. The van der Waals surface area contributed by atoms with Crippen LogP contribution in [0.1, 0.15) is 40.0 Å². The van der Waals surface area contributed by atoms with Gasteiger partial charge in [0, 0.05) is 18.6 Å². The molecule has 1 aliphatic rings. The average molecular weight is 258 g/mol. The van der Waals surface area contributed by atoms with Gasteiger partial charge >= 0.3 is 0 Å². The quantitative estimate of drug-likeness (QED) is 0.738. The van der Waals surface area contributed by atoms with Crippen molar-refractivity contribution in [3.8, 4) is 0 Å². The maximum absolute atomic E-state index is 3.72. The molecule has 1 heterocycles. The zero-order valence-electron chi connectivity index (χ0n) is 12.0. The summed E-state index contributed by atoms with van der Waals surface area (Å²) in [6.07, 6.45) is 6.15. The fourth-order valence-corrected chi connectivity index (χ4v) is 3.07. The molecule has 1 saturated heterocycles. The van der Waals surface area contributed by atoms with E-state index in [0.717, 1.165) is 12.0 Å². The Morgan fingerprint density at radius 2 is 2.18 bits per heavy atom. The van der Waals surface area contributed by atoms with Crippen LogP contribution in [0.4, 0.5) is 0 Å². The van der Waals surface area contributed by atoms with E-state index in [1.165, 1.54) is 44.6 Å². The second-order valence-corrected chi connectivity index (χ2v) is 6.75. The van der Waals surface area contributed by atoms with E-state index in [0.29, 0.717) is 6.04 Å². The third-order valence-electron chi connectivity index (χ3n) is 3.62. The van der Waals surface area contributed by atoms with Gasteiger partial charge in [0.25, 0.3) is 0 Å². The molecule has 0 aromatic carbocycles. The van der Waals surface area contributed by atoms with E-state index in [1.54, 1.807) is 0 Å². The Bertz CT molecular complexity index is 197. The Morgan fingerprint density at radius 1 is 1.41 bits per heavy atom. The summed E-state index contributed by atoms with van der Waals surface area (Å²) in [6.45, 7) is 10.8. The molecule has 1 rings (SSSR count). The molecule has 1 N–H and O–H groups in total. The van der Waals surface area contributed by atoms with E-state index in [2.05, 4.69) is 37.2 Å². The summed E-state index contributed by atoms with van der Waals surface area (Å²) in [6, 6.07) is 1.45. The summed E-state index contributed by atoms with van der Waals surface area (Å²) < 4.78 is 0. The van der Waals surface area contributed by atoms with Gasteiger partial charge in [-0.1, -0.05) is 13.8 Å². The Labute approximate surface area is 112 Å². The Hall–Kier alpha value is 0.270. The molecule has 0 spiro atoms. The van der Waals surface area contributed by atoms with Gasteiger partial charge in [0.05, 0.1) is 0 Å². The van der Waals surface area contributed by atoms with Crippen molar-refractivity contribution in [3.63, 3.8) is 0 Å². The number of hydrogen-bond acceptors (Lipinski definition) is 3. The number of thioether (sulfide) groups is 1. The lowest BCUT2D eigenvalue weighted by Gasteiger charge is -2.29. The van der Waals surface area contributed by atoms with Crippen LogP contribution in [0.3, 0.4) is 0 Å². The van der Waals surface area contributed by atoms with Crippen molar-refractivity contribution in [1.29, 1.82) is 0 Å². The first-order valence-corrected chi connectivity index (χ1v) is 8.49. The minimum absolute atomic E-state index is 0.703. The van der Waals surface area contributed by atoms with Crippen molar-refractivity contribution in [2.75, 3.05) is 31.6 Å². The summed E-state index contributed by atoms with van der Waals surface area (Å²) in [5, 5.41) is 3.72. The molecule has 0 aliphatic carbocycles. The van der Waals surface area contributed by atoms with E-state index < -0.39 is 0 Å². The maximum Gasteiger partial charge on any atom is 0.0197 e. The standard InChI is InChI=1S/C14H30N2S/c1-12(2)10-14-11-16(8-5-9-17-4)13(3)6-7-15-14/h12-15H,5-11H2,1-4H3. The molecule has 2 atom stereocenters. The summed E-state index contributed by atoms with van der Waals surface area (Å²) in [4.78, 5) is 2.70. The highest BCUT2D eigenvalue weighted by molar-refractivity contribution is 7.98. The van der Waals surface area contributed by atoms with Crippen LogP contribution in [-0.2, 0) is 0 Å². The molecule has 1 aliphatic heterocycles. The van der Waals surface area contributed by atoms with Crippen LogP contribution in [0.15, 0.2) is 0 Å². The van der Waals surface area contributed by atoms with Crippen molar-refractivity contribution >= 4 is 11.8 Å². The largest absolute Gasteiger partial charge is 0.313 e. The lowest BCUT2D eigenvalue weighted by atomic mass is 10.0. The molecule has 0 bridgehead atoms. The zero-order valence-corrected chi connectivity index (χ0v) is 12.9. The minimum atomic E-state index is 0.703. The van der Waals surface area contributed by atoms with Gasteiger partial charge in [-0.15, -0.1) is 0 Å². The fourth-order valence-electron chi connectivity index (χ4n) is 2.66. The Balaban J connectivity index is 2.40. The molecule has 0 aromatic rings. The van der Waals surface area contributed by atoms with E-state index in [9.17, 15) is 0 Å². The fraction of sp³-hybridized carbons (Fsp3) is 1.00. The van der Waals surface area contributed by atoms with Crippen molar-refractivity contribution in [2.45, 2.75) is 52.1 Å². The van der Waals surface area contributed by atoms with Crippen molar-refractivity contribution in [1.82, 2.24) is 10.2 Å². The van der Waals surface area contributed by atoms with Crippen LogP contribution < -0.4 is 5.32 Å². The average Bonchev–Trinajstić information content (AvgIpc) is 2.41. The maximum atomic E-state index is 3.72. The highest BCUT2D eigenvalue weighted by atomic mass is 32.2. The number of hydrogen-bond donors (Lipinski definition) is 1. The van der Waals surface area contributed by atoms with E-state index in [-0.39, 0.29) is 0 Å². The number of rotatable bonds is 6. The molecular weight excluding hydrogens is 228 g/mol. The molecule has 102 valence electrons. The predicted molar refractivity (Wildman–Crippen MR) is 79.9 cm³/mol. The summed E-state index contributed by atoms with van der Waals surface area (Å²) >= 11 is 1.97. The number of nitrogens with one attached hydrogen (secondary N) is 1. The summed E-state index contributed by atoms with van der Waals surface area (Å²) in [7, 11) is 0. The highest BCUT2D eigenvalue weighted by Gasteiger charge is 2.22.